The van der Waals surface area contributed by atoms with E-state index in [1.54, 1.807) is 31.7 Å². The number of carbonyl (C=O) groups is 2. The number of rotatable bonds is 12. The summed E-state index contributed by atoms with van der Waals surface area (Å²) in [5, 5.41) is 18.1. The number of piperidine rings is 2. The van der Waals surface area contributed by atoms with Crippen molar-refractivity contribution in [2.24, 2.45) is 0 Å². The van der Waals surface area contributed by atoms with Crippen molar-refractivity contribution in [1.82, 2.24) is 19.6 Å². The molecule has 0 bridgehead atoms. The van der Waals surface area contributed by atoms with Crippen LogP contribution in [-0.4, -0.2) is 108 Å². The smallest absolute Gasteiger partial charge is 0.396 e. The number of hydrogen-bond acceptors (Lipinski definition) is 6. The molecule has 0 radical (unpaired) electrons. The van der Waals surface area contributed by atoms with Crippen LogP contribution in [0.25, 0.3) is 0 Å². The van der Waals surface area contributed by atoms with Gasteiger partial charge >= 0.3 is 36.8 Å². The Bertz CT molecular complexity index is 2590. The van der Waals surface area contributed by atoms with Crippen LogP contribution >= 0.6 is 11.8 Å². The average Bonchev–Trinajstić information content (AvgIpc) is 3.31. The molecule has 0 aromatic heterocycles. The maximum atomic E-state index is 13.8. The molecule has 2 aliphatic rings. The highest BCUT2D eigenvalue weighted by molar-refractivity contribution is 7.99. The topological polar surface area (TPSA) is 105 Å². The van der Waals surface area contributed by atoms with Gasteiger partial charge in [0.1, 0.15) is 11.6 Å². The molecule has 5 atom stereocenters. The molecule has 0 spiro atoms. The minimum atomic E-state index is -5.02. The summed E-state index contributed by atoms with van der Waals surface area (Å²) in [5.74, 6) is -0.388. The van der Waals surface area contributed by atoms with Crippen molar-refractivity contribution < 1.29 is 85.5 Å². The zero-order valence-electron chi connectivity index (χ0n) is 40.7. The first-order valence-corrected chi connectivity index (χ1v) is 25.6. The highest BCUT2D eigenvalue weighted by Gasteiger charge is 2.41. The maximum absolute atomic E-state index is 13.8. The van der Waals surface area contributed by atoms with Crippen molar-refractivity contribution in [3.63, 3.8) is 0 Å². The molecule has 2 saturated heterocycles. The van der Waals surface area contributed by atoms with Crippen LogP contribution in [0.4, 0.5) is 71.1 Å². The summed E-state index contributed by atoms with van der Waals surface area (Å²) in [6.45, 7) is 2.43. The highest BCUT2D eigenvalue weighted by Crippen LogP contribution is 2.42. The number of thioether (sulfide) groups is 1. The lowest BCUT2D eigenvalue weighted by atomic mass is 9.92. The van der Waals surface area contributed by atoms with E-state index in [4.69, 9.17) is 0 Å². The first-order chi connectivity index (χ1) is 34.8. The van der Waals surface area contributed by atoms with Gasteiger partial charge in [-0.25, -0.2) is 18.4 Å². The average molecular weight is 1120 g/mol. The van der Waals surface area contributed by atoms with Crippen LogP contribution in [0.3, 0.4) is 0 Å². The molecule has 4 amide bonds. The van der Waals surface area contributed by atoms with E-state index in [-0.39, 0.29) is 72.2 Å². The number of hydrogen-bond donors (Lipinski definition) is 2. The SMILES string of the molecule is Cc1cc(F)ccc1[C@H]1C[C@@H](S(=O)CCO)CCN1C(=O)N(C)Cc1cc(C(F)(F)F)cc(C(F)(F)F)c1.Cc1cc(F)ccc1[C@H]1C[C@@H](SCCO)CCN1C(=O)N(C)Cc1cc(C(F)(F)F)cc(C(F)(F)F)c1. The number of likely N-dealkylation sites (tertiary alicyclic amines) is 2. The van der Waals surface area contributed by atoms with Gasteiger partial charge in [0, 0.05) is 73.1 Å². The van der Waals surface area contributed by atoms with Gasteiger partial charge in [0.05, 0.1) is 47.6 Å². The van der Waals surface area contributed by atoms with Crippen molar-refractivity contribution in [3.8, 4) is 0 Å². The minimum absolute atomic E-state index is 0.0102. The number of urea groups is 2. The van der Waals surface area contributed by atoms with E-state index in [2.05, 4.69) is 0 Å². The van der Waals surface area contributed by atoms with Gasteiger partial charge in [0.15, 0.2) is 0 Å². The molecule has 75 heavy (non-hydrogen) atoms. The van der Waals surface area contributed by atoms with E-state index in [1.165, 1.54) is 54.2 Å². The predicted octanol–water partition coefficient (Wildman–Crippen LogP) is 12.3. The van der Waals surface area contributed by atoms with E-state index in [0.717, 1.165) is 9.80 Å². The highest BCUT2D eigenvalue weighted by atomic mass is 32.2. The fourth-order valence-electron chi connectivity index (χ4n) is 9.15. The molecule has 0 saturated carbocycles. The minimum Gasteiger partial charge on any atom is -0.396 e. The van der Waals surface area contributed by atoms with E-state index < -0.39 is 107 Å². The number of aliphatic hydroxyl groups is 2. The zero-order valence-corrected chi connectivity index (χ0v) is 42.4. The summed E-state index contributed by atoms with van der Waals surface area (Å²) < 4.78 is 199. The molecular formula is C50H54F14N4O5S2. The third-order valence-electron chi connectivity index (χ3n) is 12.7. The Morgan fingerprint density at radius 2 is 0.987 bits per heavy atom. The summed E-state index contributed by atoms with van der Waals surface area (Å²) in [4.78, 5) is 31.9. The molecule has 2 heterocycles. The molecule has 25 heteroatoms. The standard InChI is InChI=1S/C25H27F7N2O3S.C25H27F7N2O2S/c1-15-9-19(26)3-4-21(15)22-13-20(38(37)8-7-35)5-6-34(22)23(36)33(2)14-16-10-17(24(27,28)29)12-18(11-16)25(30,31)32;1-15-9-19(26)3-4-21(15)22-13-20(37-8-7-35)5-6-34(22)23(36)33(2)14-16-10-17(24(27,28)29)12-18(11-16)25(30,31)32/h3-4,9-12,20,22,35H,5-8,13-14H2,1-2H3;3-4,9-12,20,22,35H,5-8,13-14H2,1-2H3/t20-,22+,38?;20-,22+/m00/s1. The molecule has 2 N–H and O–H groups in total. The van der Waals surface area contributed by atoms with Gasteiger partial charge in [-0.2, -0.15) is 64.4 Å². The van der Waals surface area contributed by atoms with Gasteiger partial charge in [0.2, 0.25) is 0 Å². The van der Waals surface area contributed by atoms with Gasteiger partial charge in [-0.05, 0) is 134 Å². The summed E-state index contributed by atoms with van der Waals surface area (Å²) in [6, 6.07) is 8.26. The van der Waals surface area contributed by atoms with Gasteiger partial charge in [-0.3, -0.25) is 4.21 Å². The molecule has 4 aromatic carbocycles. The first kappa shape index (κ1) is 60.7. The van der Waals surface area contributed by atoms with Crippen LogP contribution in [0.2, 0.25) is 0 Å². The fourth-order valence-corrected chi connectivity index (χ4v) is 11.5. The molecular weight excluding hydrogens is 1070 g/mol. The number of alkyl halides is 12. The molecule has 1 unspecified atom stereocenters. The Labute approximate surface area is 430 Å². The van der Waals surface area contributed by atoms with Crippen LogP contribution in [0.15, 0.2) is 72.8 Å². The third kappa shape index (κ3) is 16.2. The van der Waals surface area contributed by atoms with Gasteiger partial charge < -0.3 is 29.8 Å². The fraction of sp³-hybridized carbons (Fsp3) is 0.480. The lowest BCUT2D eigenvalue weighted by Gasteiger charge is -2.42. The van der Waals surface area contributed by atoms with Crippen molar-refractivity contribution in [2.75, 3.05) is 51.9 Å². The number of halogens is 14. The molecule has 2 fully saturated rings. The second kappa shape index (κ2) is 24.9. The number of carbonyl (C=O) groups excluding carboxylic acids is 2. The summed E-state index contributed by atoms with van der Waals surface area (Å²) in [6.07, 6.45) is -18.4. The summed E-state index contributed by atoms with van der Waals surface area (Å²) in [5.41, 5.74) is -4.07. The van der Waals surface area contributed by atoms with Crippen molar-refractivity contribution in [1.29, 1.82) is 0 Å². The number of benzene rings is 4. The Hall–Kier alpha value is -5.14. The quantitative estimate of drug-likeness (QED) is 0.137. The van der Waals surface area contributed by atoms with Gasteiger partial charge in [0.25, 0.3) is 0 Å². The monoisotopic (exact) mass is 1120 g/mol. The van der Waals surface area contributed by atoms with Crippen molar-refractivity contribution in [2.45, 2.75) is 99.9 Å². The Morgan fingerprint density at radius 3 is 1.35 bits per heavy atom. The second-order valence-corrected chi connectivity index (χ2v) is 21.5. The third-order valence-corrected chi connectivity index (χ3v) is 15.8. The number of nitrogens with zero attached hydrogens (tertiary/aromatic N) is 4. The lowest BCUT2D eigenvalue weighted by molar-refractivity contribution is -0.144. The van der Waals surface area contributed by atoms with E-state index in [0.29, 0.717) is 71.5 Å². The second-order valence-electron chi connectivity index (χ2n) is 18.2. The summed E-state index contributed by atoms with van der Waals surface area (Å²) >= 11 is 1.55. The number of aryl methyl sites for hydroxylation is 2. The molecule has 0 aliphatic carbocycles. The van der Waals surface area contributed by atoms with Crippen LogP contribution in [0.5, 0.6) is 0 Å². The summed E-state index contributed by atoms with van der Waals surface area (Å²) in [7, 11) is 1.19. The van der Waals surface area contributed by atoms with Crippen LogP contribution < -0.4 is 0 Å². The number of amides is 4. The van der Waals surface area contributed by atoms with E-state index in [9.17, 15) is 85.5 Å². The predicted molar refractivity (Wildman–Crippen MR) is 253 cm³/mol. The van der Waals surface area contributed by atoms with Gasteiger partial charge in [-0.15, -0.1) is 0 Å². The Balaban J connectivity index is 0.000000277. The zero-order chi connectivity index (χ0) is 56.0. The first-order valence-electron chi connectivity index (χ1n) is 23.1. The molecule has 414 valence electrons. The number of aliphatic hydroxyl groups excluding tert-OH is 2. The molecule has 4 aromatic rings. The largest absolute Gasteiger partial charge is 0.416 e. The van der Waals surface area contributed by atoms with Crippen molar-refractivity contribution in [3.05, 3.63) is 140 Å². The van der Waals surface area contributed by atoms with Crippen LogP contribution in [0.1, 0.15) is 93.4 Å². The lowest BCUT2D eigenvalue weighted by Crippen LogP contribution is -2.48. The molecule has 6 rings (SSSR count). The maximum Gasteiger partial charge on any atom is 0.416 e. The van der Waals surface area contributed by atoms with E-state index >= 15 is 0 Å². The normalized spacial score (nSPS) is 19.0. The Kier molecular flexibility index (Phi) is 20.2. The Morgan fingerprint density at radius 1 is 0.600 bits per heavy atom. The van der Waals surface area contributed by atoms with Gasteiger partial charge in [-0.1, -0.05) is 12.1 Å². The van der Waals surface area contributed by atoms with E-state index in [1.807, 2.05) is 0 Å². The molecule has 9 nitrogen and oxygen atoms in total. The molecule has 2 aliphatic heterocycles. The van der Waals surface area contributed by atoms with Crippen LogP contribution in [0, 0.1) is 25.5 Å². The van der Waals surface area contributed by atoms with Crippen molar-refractivity contribution >= 4 is 34.6 Å². The van der Waals surface area contributed by atoms with Crippen LogP contribution in [-0.2, 0) is 48.6 Å².